The van der Waals surface area contributed by atoms with E-state index in [1.54, 1.807) is 24.4 Å². The third-order valence-electron chi connectivity index (χ3n) is 5.23. The number of hydrogen-bond acceptors (Lipinski definition) is 4. The molecule has 28 heavy (non-hydrogen) atoms. The first kappa shape index (κ1) is 16.6. The molecule has 0 saturated heterocycles. The fourth-order valence-electron chi connectivity index (χ4n) is 3.97. The second-order valence-corrected chi connectivity index (χ2v) is 7.06. The van der Waals surface area contributed by atoms with Gasteiger partial charge in [0.15, 0.2) is 0 Å². The SMILES string of the molecule is Cc1cccc(-c2nn3c(c2-c2ccnc4ccc(C(=O)O)cc24)CCC3)n1. The van der Waals surface area contributed by atoms with E-state index in [-0.39, 0.29) is 5.56 Å². The zero-order valence-corrected chi connectivity index (χ0v) is 15.4. The summed E-state index contributed by atoms with van der Waals surface area (Å²) in [5.74, 6) is -0.947. The standard InChI is InChI=1S/C22H18N4O2/c1-13-4-2-5-18(24-13)21-20(19-6-3-11-26(19)25-21)15-9-10-23-17-8-7-14(22(27)28)12-16(15)17/h2,4-5,7-10,12H,3,6,11H2,1H3,(H,27,28). The number of fused-ring (bicyclic) bond motifs is 2. The van der Waals surface area contributed by atoms with Gasteiger partial charge in [-0.2, -0.15) is 5.10 Å². The molecule has 1 aliphatic heterocycles. The van der Waals surface area contributed by atoms with Crippen LogP contribution in [0.15, 0.2) is 48.7 Å². The fraction of sp³-hybridized carbons (Fsp3) is 0.182. The molecule has 0 aliphatic carbocycles. The van der Waals surface area contributed by atoms with Gasteiger partial charge in [0.2, 0.25) is 0 Å². The largest absolute Gasteiger partial charge is 0.478 e. The van der Waals surface area contributed by atoms with Gasteiger partial charge in [0.1, 0.15) is 5.69 Å². The van der Waals surface area contributed by atoms with E-state index in [0.29, 0.717) is 0 Å². The highest BCUT2D eigenvalue weighted by Crippen LogP contribution is 2.39. The zero-order valence-electron chi connectivity index (χ0n) is 15.4. The first-order valence-corrected chi connectivity index (χ1v) is 9.28. The number of aromatic nitrogens is 4. The van der Waals surface area contributed by atoms with Crippen LogP contribution in [0, 0.1) is 6.92 Å². The monoisotopic (exact) mass is 370 g/mol. The molecular weight excluding hydrogens is 352 g/mol. The highest BCUT2D eigenvalue weighted by molar-refractivity contribution is 6.02. The molecule has 0 atom stereocenters. The van der Waals surface area contributed by atoms with Crippen molar-refractivity contribution >= 4 is 16.9 Å². The Kier molecular flexibility index (Phi) is 3.72. The smallest absolute Gasteiger partial charge is 0.335 e. The normalized spacial score (nSPS) is 13.0. The van der Waals surface area contributed by atoms with Gasteiger partial charge in [-0.05, 0) is 61.7 Å². The van der Waals surface area contributed by atoms with E-state index in [2.05, 4.69) is 14.6 Å². The third kappa shape index (κ3) is 2.57. The topological polar surface area (TPSA) is 80.9 Å². The molecule has 1 N–H and O–H groups in total. The molecule has 0 fully saturated rings. The van der Waals surface area contributed by atoms with E-state index >= 15 is 0 Å². The van der Waals surface area contributed by atoms with E-state index in [9.17, 15) is 9.90 Å². The number of carboxylic acids is 1. The van der Waals surface area contributed by atoms with Crippen molar-refractivity contribution < 1.29 is 9.90 Å². The van der Waals surface area contributed by atoms with Crippen LogP contribution < -0.4 is 0 Å². The molecule has 1 aromatic carbocycles. The van der Waals surface area contributed by atoms with Crippen molar-refractivity contribution in [2.24, 2.45) is 0 Å². The van der Waals surface area contributed by atoms with Crippen LogP contribution in [0.25, 0.3) is 33.4 Å². The number of aromatic carboxylic acids is 1. The summed E-state index contributed by atoms with van der Waals surface area (Å²) in [7, 11) is 0. The van der Waals surface area contributed by atoms with Gasteiger partial charge in [-0.15, -0.1) is 0 Å². The Bertz CT molecular complexity index is 1240. The lowest BCUT2D eigenvalue weighted by atomic mass is 9.95. The first-order valence-electron chi connectivity index (χ1n) is 9.28. The third-order valence-corrected chi connectivity index (χ3v) is 5.23. The number of nitrogens with zero attached hydrogens (tertiary/aromatic N) is 4. The van der Waals surface area contributed by atoms with Crippen LogP contribution in [0.4, 0.5) is 0 Å². The van der Waals surface area contributed by atoms with E-state index in [4.69, 9.17) is 5.10 Å². The maximum absolute atomic E-state index is 11.5. The number of benzene rings is 1. The zero-order chi connectivity index (χ0) is 19.3. The minimum Gasteiger partial charge on any atom is -0.478 e. The number of rotatable bonds is 3. The molecule has 4 heterocycles. The van der Waals surface area contributed by atoms with E-state index < -0.39 is 5.97 Å². The van der Waals surface area contributed by atoms with Crippen molar-refractivity contribution in [3.63, 3.8) is 0 Å². The summed E-state index contributed by atoms with van der Waals surface area (Å²) in [6.45, 7) is 2.85. The molecule has 5 rings (SSSR count). The molecule has 0 saturated carbocycles. The summed E-state index contributed by atoms with van der Waals surface area (Å²) in [4.78, 5) is 20.6. The number of aryl methyl sites for hydroxylation is 2. The highest BCUT2D eigenvalue weighted by Gasteiger charge is 2.25. The van der Waals surface area contributed by atoms with Gasteiger partial charge >= 0.3 is 5.97 Å². The molecule has 4 aromatic rings. The van der Waals surface area contributed by atoms with E-state index in [1.807, 2.05) is 31.2 Å². The van der Waals surface area contributed by atoms with Crippen LogP contribution >= 0.6 is 0 Å². The van der Waals surface area contributed by atoms with Crippen LogP contribution in [0.2, 0.25) is 0 Å². The number of carboxylic acid groups (broad SMARTS) is 1. The van der Waals surface area contributed by atoms with Crippen LogP contribution in [0.5, 0.6) is 0 Å². The molecule has 0 amide bonds. The van der Waals surface area contributed by atoms with Crippen molar-refractivity contribution in [1.29, 1.82) is 0 Å². The van der Waals surface area contributed by atoms with Crippen LogP contribution in [-0.4, -0.2) is 30.8 Å². The maximum Gasteiger partial charge on any atom is 0.335 e. The second kappa shape index (κ2) is 6.27. The highest BCUT2D eigenvalue weighted by atomic mass is 16.4. The summed E-state index contributed by atoms with van der Waals surface area (Å²) in [5.41, 5.74) is 6.78. The minimum atomic E-state index is -0.947. The van der Waals surface area contributed by atoms with Gasteiger partial charge in [0, 0.05) is 35.1 Å². The molecule has 0 bridgehead atoms. The van der Waals surface area contributed by atoms with Crippen molar-refractivity contribution in [1.82, 2.24) is 19.7 Å². The summed E-state index contributed by atoms with van der Waals surface area (Å²) >= 11 is 0. The van der Waals surface area contributed by atoms with Gasteiger partial charge < -0.3 is 5.11 Å². The Morgan fingerprint density at radius 1 is 1.18 bits per heavy atom. The molecule has 6 nitrogen and oxygen atoms in total. The molecule has 6 heteroatoms. The molecule has 1 aliphatic rings. The van der Waals surface area contributed by atoms with Gasteiger partial charge in [0.25, 0.3) is 0 Å². The van der Waals surface area contributed by atoms with Gasteiger partial charge in [-0.25, -0.2) is 4.79 Å². The molecule has 0 radical (unpaired) electrons. The lowest BCUT2D eigenvalue weighted by Crippen LogP contribution is -1.97. The molecule has 0 unspecified atom stereocenters. The average Bonchev–Trinajstić information content (AvgIpc) is 3.28. The molecule has 3 aromatic heterocycles. The number of hydrogen-bond donors (Lipinski definition) is 1. The Labute approximate surface area is 161 Å². The Morgan fingerprint density at radius 2 is 2.07 bits per heavy atom. The van der Waals surface area contributed by atoms with Crippen LogP contribution in [0.1, 0.15) is 28.2 Å². The summed E-state index contributed by atoms with van der Waals surface area (Å²) in [5, 5.41) is 15.1. The Balaban J connectivity index is 1.83. The lowest BCUT2D eigenvalue weighted by Gasteiger charge is -2.10. The van der Waals surface area contributed by atoms with Crippen molar-refractivity contribution in [2.75, 3.05) is 0 Å². The van der Waals surface area contributed by atoms with E-state index in [1.165, 1.54) is 5.69 Å². The average molecular weight is 370 g/mol. The molecular formula is C22H18N4O2. The quantitative estimate of drug-likeness (QED) is 0.587. The predicted molar refractivity (Wildman–Crippen MR) is 106 cm³/mol. The minimum absolute atomic E-state index is 0.251. The summed E-state index contributed by atoms with van der Waals surface area (Å²) in [6.07, 6.45) is 3.77. The summed E-state index contributed by atoms with van der Waals surface area (Å²) < 4.78 is 2.06. The van der Waals surface area contributed by atoms with Crippen molar-refractivity contribution in [3.8, 4) is 22.5 Å². The predicted octanol–water partition coefficient (Wildman–Crippen LogP) is 4.11. The fourth-order valence-corrected chi connectivity index (χ4v) is 3.97. The Morgan fingerprint density at radius 3 is 2.89 bits per heavy atom. The second-order valence-electron chi connectivity index (χ2n) is 7.06. The van der Waals surface area contributed by atoms with Gasteiger partial charge in [-0.1, -0.05) is 6.07 Å². The van der Waals surface area contributed by atoms with E-state index in [0.717, 1.165) is 58.5 Å². The van der Waals surface area contributed by atoms with Crippen LogP contribution in [0.3, 0.4) is 0 Å². The lowest BCUT2D eigenvalue weighted by molar-refractivity contribution is 0.0697. The first-order chi connectivity index (χ1) is 13.6. The van der Waals surface area contributed by atoms with Crippen molar-refractivity contribution in [3.05, 3.63) is 65.6 Å². The molecule has 0 spiro atoms. The summed E-state index contributed by atoms with van der Waals surface area (Å²) in [6, 6.07) is 12.9. The number of pyridine rings is 2. The maximum atomic E-state index is 11.5. The van der Waals surface area contributed by atoms with Crippen molar-refractivity contribution in [2.45, 2.75) is 26.3 Å². The Hall–Kier alpha value is -3.54. The van der Waals surface area contributed by atoms with Gasteiger partial charge in [-0.3, -0.25) is 14.6 Å². The number of carbonyl (C=O) groups is 1. The van der Waals surface area contributed by atoms with Crippen LogP contribution in [-0.2, 0) is 13.0 Å². The molecule has 138 valence electrons. The van der Waals surface area contributed by atoms with Gasteiger partial charge in [0.05, 0.1) is 16.8 Å².